The molecule has 56 heavy (non-hydrogen) atoms. The molecule has 2 aliphatic carbocycles. The Balaban J connectivity index is 0.000000251. The first-order valence-corrected chi connectivity index (χ1v) is 20.8. The number of likely N-dealkylation sites (N-methyl/N-ethyl adjacent to an activating group) is 2. The second-order valence-electron chi connectivity index (χ2n) is 16.2. The zero-order valence-electron chi connectivity index (χ0n) is 34.8. The number of aryl methyl sites for hydroxylation is 1. The highest BCUT2D eigenvalue weighted by Crippen LogP contribution is 2.37. The van der Waals surface area contributed by atoms with Gasteiger partial charge in [-0.05, 0) is 141 Å². The van der Waals surface area contributed by atoms with Crippen LogP contribution in [-0.4, -0.2) is 107 Å². The zero-order chi connectivity index (χ0) is 40.4. The third-order valence-electron chi connectivity index (χ3n) is 11.7. The summed E-state index contributed by atoms with van der Waals surface area (Å²) in [6, 6.07) is 27.2. The van der Waals surface area contributed by atoms with Crippen molar-refractivity contribution in [1.29, 1.82) is 0 Å². The molecule has 3 aromatic rings. The van der Waals surface area contributed by atoms with Gasteiger partial charge in [-0.25, -0.2) is 0 Å². The van der Waals surface area contributed by atoms with Gasteiger partial charge in [-0.2, -0.15) is 0 Å². The first kappa shape index (κ1) is 45.2. The molecule has 0 unspecified atom stereocenters. The Hall–Kier alpha value is -3.47. The topological polar surface area (TPSA) is 92.4 Å². The van der Waals surface area contributed by atoms with Crippen molar-refractivity contribution in [3.63, 3.8) is 0 Å². The van der Waals surface area contributed by atoms with Crippen LogP contribution in [0.25, 0.3) is 0 Å². The number of carbonyl (C=O) groups is 2. The van der Waals surface area contributed by atoms with Gasteiger partial charge in [0.05, 0.1) is 19.8 Å². The van der Waals surface area contributed by atoms with Crippen molar-refractivity contribution in [3.8, 4) is 5.75 Å². The minimum Gasteiger partial charge on any atom is -0.494 e. The lowest BCUT2D eigenvalue weighted by Crippen LogP contribution is -2.52. The average Bonchev–Trinajstić information content (AvgIpc) is 3.17. The second-order valence-corrected chi connectivity index (χ2v) is 16.6. The predicted octanol–water partition coefficient (Wildman–Crippen LogP) is 7.66. The number of ether oxygens (including phenoxy) is 3. The molecule has 0 spiro atoms. The second kappa shape index (κ2) is 23.1. The smallest absolute Gasteiger partial charge is 0.246 e. The Morgan fingerprint density at radius 1 is 0.714 bits per heavy atom. The molecule has 0 bridgehead atoms. The molecule has 2 N–H and O–H groups in total. The largest absolute Gasteiger partial charge is 0.494 e. The van der Waals surface area contributed by atoms with Crippen LogP contribution in [-0.2, 0) is 31.9 Å². The van der Waals surface area contributed by atoms with E-state index in [9.17, 15) is 9.59 Å². The van der Waals surface area contributed by atoms with Crippen LogP contribution < -0.4 is 15.4 Å². The summed E-state index contributed by atoms with van der Waals surface area (Å²) in [5.74, 6) is 0.963. The lowest BCUT2D eigenvalue weighted by atomic mass is 9.74. The van der Waals surface area contributed by atoms with E-state index in [1.165, 1.54) is 16.7 Å². The van der Waals surface area contributed by atoms with Gasteiger partial charge < -0.3 is 34.6 Å². The number of nitrogens with zero attached hydrogens (tertiary/aromatic N) is 2. The van der Waals surface area contributed by atoms with Crippen LogP contribution in [0.1, 0.15) is 80.9 Å². The van der Waals surface area contributed by atoms with Crippen molar-refractivity contribution < 1.29 is 23.8 Å². The van der Waals surface area contributed by atoms with Crippen LogP contribution >= 0.6 is 11.6 Å². The van der Waals surface area contributed by atoms with Crippen molar-refractivity contribution in [2.45, 2.75) is 107 Å². The van der Waals surface area contributed by atoms with Gasteiger partial charge in [-0.15, -0.1) is 0 Å². The van der Waals surface area contributed by atoms with Crippen LogP contribution in [0.15, 0.2) is 78.9 Å². The molecule has 2 amide bonds. The number of hydrogen-bond donors (Lipinski definition) is 2. The van der Waals surface area contributed by atoms with E-state index in [2.05, 4.69) is 91.9 Å². The average molecular weight is 792 g/mol. The number of carbonyl (C=O) groups excluding carboxylic acids is 2. The van der Waals surface area contributed by atoms with Gasteiger partial charge in [-0.1, -0.05) is 71.8 Å². The van der Waals surface area contributed by atoms with Crippen LogP contribution in [0.3, 0.4) is 0 Å². The minimum atomic E-state index is -0.0432. The molecule has 0 saturated heterocycles. The molecule has 0 heterocycles. The molecule has 2 aliphatic rings. The predicted molar refractivity (Wildman–Crippen MR) is 228 cm³/mol. The number of nitrogens with one attached hydrogen (secondary N) is 2. The van der Waals surface area contributed by atoms with Gasteiger partial charge in [0.1, 0.15) is 12.4 Å². The van der Waals surface area contributed by atoms with Gasteiger partial charge in [0.25, 0.3) is 0 Å². The molecule has 0 aromatic heterocycles. The molecule has 2 saturated carbocycles. The van der Waals surface area contributed by atoms with Gasteiger partial charge in [0.15, 0.2) is 0 Å². The minimum absolute atomic E-state index is 0.0432. The highest BCUT2D eigenvalue weighted by Gasteiger charge is 2.39. The van der Waals surface area contributed by atoms with E-state index >= 15 is 0 Å². The highest BCUT2D eigenvalue weighted by molar-refractivity contribution is 6.30. The first-order valence-electron chi connectivity index (χ1n) is 20.4. The number of halogens is 1. The molecule has 0 radical (unpaired) electrons. The van der Waals surface area contributed by atoms with E-state index in [-0.39, 0.29) is 41.6 Å². The Labute approximate surface area is 341 Å². The lowest BCUT2D eigenvalue weighted by molar-refractivity contribution is -0.127. The molecule has 2 fully saturated rings. The summed E-state index contributed by atoms with van der Waals surface area (Å²) in [5.41, 5.74) is 4.28. The normalized spacial score (nSPS) is 22.2. The Kier molecular flexibility index (Phi) is 18.6. The fraction of sp³-hybridized carbons (Fsp3) is 0.565. The Morgan fingerprint density at radius 3 is 1.80 bits per heavy atom. The van der Waals surface area contributed by atoms with Crippen molar-refractivity contribution in [1.82, 2.24) is 20.4 Å². The highest BCUT2D eigenvalue weighted by atomic mass is 35.5. The molecule has 3 aromatic carbocycles. The van der Waals surface area contributed by atoms with Gasteiger partial charge in [0, 0.05) is 41.7 Å². The summed E-state index contributed by atoms with van der Waals surface area (Å²) in [5, 5.41) is 7.14. The van der Waals surface area contributed by atoms with E-state index < -0.39 is 0 Å². The molecule has 9 nitrogen and oxygen atoms in total. The molecule has 10 heteroatoms. The number of benzene rings is 3. The van der Waals surface area contributed by atoms with Crippen molar-refractivity contribution in [2.24, 2.45) is 0 Å². The van der Waals surface area contributed by atoms with Crippen LogP contribution in [0.4, 0.5) is 0 Å². The molecule has 5 rings (SSSR count). The maximum atomic E-state index is 12.4. The van der Waals surface area contributed by atoms with Crippen molar-refractivity contribution in [3.05, 3.63) is 101 Å². The molecular formula is C46H67ClN4O5. The number of rotatable bonds is 18. The molecule has 308 valence electrons. The summed E-state index contributed by atoms with van der Waals surface area (Å²) in [4.78, 5) is 29.1. The van der Waals surface area contributed by atoms with Crippen LogP contribution in [0.5, 0.6) is 5.75 Å². The lowest BCUT2D eigenvalue weighted by Gasteiger charge is -2.45. The van der Waals surface area contributed by atoms with Crippen LogP contribution in [0.2, 0.25) is 5.02 Å². The maximum absolute atomic E-state index is 12.4. The fourth-order valence-corrected chi connectivity index (χ4v) is 8.42. The van der Waals surface area contributed by atoms with E-state index in [4.69, 9.17) is 25.8 Å². The van der Waals surface area contributed by atoms with Gasteiger partial charge >= 0.3 is 0 Å². The van der Waals surface area contributed by atoms with Gasteiger partial charge in [-0.3, -0.25) is 9.59 Å². The molecular weight excluding hydrogens is 724 g/mol. The first-order chi connectivity index (χ1) is 26.9. The van der Waals surface area contributed by atoms with Crippen molar-refractivity contribution in [2.75, 3.05) is 61.7 Å². The zero-order valence-corrected chi connectivity index (χ0v) is 35.5. The number of hydrogen-bond acceptors (Lipinski definition) is 7. The monoisotopic (exact) mass is 790 g/mol. The molecule has 0 aliphatic heterocycles. The number of methoxy groups -OCH3 is 1. The summed E-state index contributed by atoms with van der Waals surface area (Å²) < 4.78 is 15.9. The van der Waals surface area contributed by atoms with E-state index in [0.717, 1.165) is 81.4 Å². The quantitative estimate of drug-likeness (QED) is 0.128. The standard InChI is InChI=1S/C26H36N2O2.C20H31ClN2O3/c1-21-9-7-10-22(19-21)20-26(28(2)3)16-14-23(15-17-26)27-25(29)13-8-18-30-24-11-5-4-6-12-24;1-23(2)20(14-16-5-4-6-17(21)13-16)9-7-18(8-10-20)22-19(24)15-26-12-11-25-3/h4-7,9-12,19,23H,8,13-18,20H2,1-3H3,(H,27,29);4-6,13,18H,7-12,14-15H2,1-3H3,(H,22,24). The maximum Gasteiger partial charge on any atom is 0.246 e. The van der Waals surface area contributed by atoms with E-state index in [1.807, 2.05) is 42.5 Å². The Bertz CT molecular complexity index is 1600. The van der Waals surface area contributed by atoms with Crippen LogP contribution in [0, 0.1) is 6.92 Å². The third-order valence-corrected chi connectivity index (χ3v) is 12.0. The van der Waals surface area contributed by atoms with Gasteiger partial charge in [0.2, 0.25) is 11.8 Å². The molecule has 0 atom stereocenters. The number of amides is 2. The summed E-state index contributed by atoms with van der Waals surface area (Å²) >= 11 is 6.15. The Morgan fingerprint density at radius 2 is 1.27 bits per heavy atom. The van der Waals surface area contributed by atoms with Crippen molar-refractivity contribution >= 4 is 23.4 Å². The third kappa shape index (κ3) is 14.8. The SMILES string of the molecule is COCCOCC(=O)NC1CCC(Cc2cccc(Cl)c2)(N(C)C)CC1.Cc1cccc(CC2(N(C)C)CCC(NC(=O)CCCOc3ccccc3)CC2)c1. The fourth-order valence-electron chi connectivity index (χ4n) is 8.21. The number of para-hydroxylation sites is 1. The summed E-state index contributed by atoms with van der Waals surface area (Å²) in [7, 11) is 10.3. The van der Waals surface area contributed by atoms with E-state index in [0.29, 0.717) is 26.2 Å². The summed E-state index contributed by atoms with van der Waals surface area (Å²) in [6.07, 6.45) is 11.6. The van der Waals surface area contributed by atoms with E-state index in [1.54, 1.807) is 7.11 Å². The summed E-state index contributed by atoms with van der Waals surface area (Å²) in [6.45, 7) is 3.77.